The third-order valence-corrected chi connectivity index (χ3v) is 3.59. The highest BCUT2D eigenvalue weighted by molar-refractivity contribution is 7.87. The summed E-state index contributed by atoms with van der Waals surface area (Å²) >= 11 is 0. The van der Waals surface area contributed by atoms with E-state index in [-0.39, 0.29) is 6.42 Å². The zero-order valence-electron chi connectivity index (χ0n) is 9.41. The number of hydrogen-bond donors (Lipinski definition) is 3. The Morgan fingerprint density at radius 1 is 1.65 bits per heavy atom. The number of rotatable bonds is 6. The predicted molar refractivity (Wildman–Crippen MR) is 59.5 cm³/mol. The first kappa shape index (κ1) is 13.6. The molecule has 0 amide bonds. The zero-order chi connectivity index (χ0) is 13.1. The minimum Gasteiger partial charge on any atom is -0.480 e. The van der Waals surface area contributed by atoms with Gasteiger partial charge in [0, 0.05) is 32.4 Å². The fraction of sp³-hybridized carbons (Fsp3) is 0.500. The Morgan fingerprint density at radius 3 is 2.71 bits per heavy atom. The molecule has 9 heteroatoms. The van der Waals surface area contributed by atoms with Crippen molar-refractivity contribution in [2.45, 2.75) is 12.5 Å². The number of aromatic amines is 1. The van der Waals surface area contributed by atoms with Crippen molar-refractivity contribution in [1.29, 1.82) is 0 Å². The van der Waals surface area contributed by atoms with Gasteiger partial charge >= 0.3 is 5.97 Å². The van der Waals surface area contributed by atoms with Crippen LogP contribution in [0.3, 0.4) is 0 Å². The summed E-state index contributed by atoms with van der Waals surface area (Å²) in [5.41, 5.74) is 0.541. The van der Waals surface area contributed by atoms with E-state index in [1.165, 1.54) is 26.6 Å². The van der Waals surface area contributed by atoms with Gasteiger partial charge < -0.3 is 10.1 Å². The normalized spacial score (nSPS) is 13.8. The molecule has 0 spiro atoms. The van der Waals surface area contributed by atoms with E-state index >= 15 is 0 Å². The van der Waals surface area contributed by atoms with Crippen LogP contribution in [0, 0.1) is 0 Å². The molecule has 1 aromatic rings. The average molecular weight is 262 g/mol. The summed E-state index contributed by atoms with van der Waals surface area (Å²) in [7, 11) is -1.14. The van der Waals surface area contributed by atoms with Crippen molar-refractivity contribution in [2.75, 3.05) is 14.1 Å². The molecule has 3 N–H and O–H groups in total. The smallest absolute Gasteiger partial charge is 0.322 e. The number of H-pyrrole nitrogens is 1. The monoisotopic (exact) mass is 262 g/mol. The number of imidazole rings is 1. The number of aromatic nitrogens is 2. The van der Waals surface area contributed by atoms with Crippen molar-refractivity contribution >= 4 is 16.2 Å². The number of aliphatic carboxylic acids is 1. The molecule has 0 aliphatic rings. The van der Waals surface area contributed by atoms with Gasteiger partial charge in [-0.05, 0) is 0 Å². The van der Waals surface area contributed by atoms with Crippen molar-refractivity contribution < 1.29 is 18.3 Å². The van der Waals surface area contributed by atoms with Crippen molar-refractivity contribution in [3.8, 4) is 0 Å². The molecule has 0 aliphatic heterocycles. The van der Waals surface area contributed by atoms with Crippen LogP contribution in [0.1, 0.15) is 5.69 Å². The number of nitrogens with one attached hydrogen (secondary N) is 2. The molecule has 1 aromatic heterocycles. The van der Waals surface area contributed by atoms with E-state index in [0.717, 1.165) is 4.31 Å². The van der Waals surface area contributed by atoms with E-state index < -0.39 is 22.2 Å². The van der Waals surface area contributed by atoms with Crippen LogP contribution in [0.25, 0.3) is 0 Å². The Morgan fingerprint density at radius 2 is 2.29 bits per heavy atom. The molecule has 0 aliphatic carbocycles. The lowest BCUT2D eigenvalue weighted by molar-refractivity contribution is -0.138. The standard InChI is InChI=1S/C8H14N4O4S/c1-12(2)17(15,16)11-7(8(13)14)3-6-4-9-5-10-6/h4-5,7,11H,3H2,1-2H3,(H,9,10)(H,13,14)/t7-/m0/s1. The third kappa shape index (κ3) is 3.80. The molecule has 0 radical (unpaired) electrons. The van der Waals surface area contributed by atoms with Crippen LogP contribution in [-0.4, -0.2) is 53.9 Å². The maximum atomic E-state index is 11.5. The average Bonchev–Trinajstić information content (AvgIpc) is 2.68. The minimum absolute atomic E-state index is 0.00238. The Hall–Kier alpha value is -1.45. The Kier molecular flexibility index (Phi) is 4.21. The molecule has 0 saturated heterocycles. The summed E-state index contributed by atoms with van der Waals surface area (Å²) in [6.07, 6.45) is 2.84. The van der Waals surface area contributed by atoms with E-state index in [1.54, 1.807) is 0 Å². The quantitative estimate of drug-likeness (QED) is 0.595. The minimum atomic E-state index is -3.78. The molecule has 0 fully saturated rings. The van der Waals surface area contributed by atoms with E-state index in [2.05, 4.69) is 14.7 Å². The number of hydrogen-bond acceptors (Lipinski definition) is 4. The highest BCUT2D eigenvalue weighted by Crippen LogP contribution is 2.01. The van der Waals surface area contributed by atoms with Gasteiger partial charge in [0.2, 0.25) is 0 Å². The zero-order valence-corrected chi connectivity index (χ0v) is 10.2. The van der Waals surface area contributed by atoms with Crippen LogP contribution in [0.15, 0.2) is 12.5 Å². The van der Waals surface area contributed by atoms with Crippen LogP contribution >= 0.6 is 0 Å². The maximum absolute atomic E-state index is 11.5. The van der Waals surface area contributed by atoms with Crippen LogP contribution in [0.2, 0.25) is 0 Å². The summed E-state index contributed by atoms with van der Waals surface area (Å²) in [6, 6.07) is -1.23. The van der Waals surface area contributed by atoms with E-state index in [0.29, 0.717) is 5.69 Å². The molecular formula is C8H14N4O4S. The number of carboxylic acid groups (broad SMARTS) is 1. The van der Waals surface area contributed by atoms with Gasteiger partial charge in [0.15, 0.2) is 0 Å². The van der Waals surface area contributed by atoms with E-state index in [1.807, 2.05) is 0 Å². The molecule has 8 nitrogen and oxygen atoms in total. The topological polar surface area (TPSA) is 115 Å². The van der Waals surface area contributed by atoms with Gasteiger partial charge in [0.25, 0.3) is 10.2 Å². The lowest BCUT2D eigenvalue weighted by Crippen LogP contribution is -2.47. The van der Waals surface area contributed by atoms with Gasteiger partial charge in [-0.25, -0.2) is 4.98 Å². The lowest BCUT2D eigenvalue weighted by Gasteiger charge is -2.17. The molecule has 1 rings (SSSR count). The first-order valence-corrected chi connectivity index (χ1v) is 6.17. The van der Waals surface area contributed by atoms with Crippen molar-refractivity contribution in [2.24, 2.45) is 0 Å². The van der Waals surface area contributed by atoms with E-state index in [9.17, 15) is 13.2 Å². The fourth-order valence-corrected chi connectivity index (χ4v) is 1.84. The van der Waals surface area contributed by atoms with Crippen LogP contribution < -0.4 is 4.72 Å². The van der Waals surface area contributed by atoms with Crippen LogP contribution in [-0.2, 0) is 21.4 Å². The maximum Gasteiger partial charge on any atom is 0.322 e. The first-order valence-electron chi connectivity index (χ1n) is 4.73. The van der Waals surface area contributed by atoms with Gasteiger partial charge in [-0.3, -0.25) is 4.79 Å². The van der Waals surface area contributed by atoms with Crippen molar-refractivity contribution in [3.63, 3.8) is 0 Å². The molecule has 0 aromatic carbocycles. The molecule has 1 heterocycles. The van der Waals surface area contributed by atoms with E-state index in [4.69, 9.17) is 5.11 Å². The fourth-order valence-electron chi connectivity index (χ4n) is 1.08. The highest BCUT2D eigenvalue weighted by atomic mass is 32.2. The summed E-state index contributed by atoms with van der Waals surface area (Å²) < 4.78 is 26.0. The van der Waals surface area contributed by atoms with Crippen molar-refractivity contribution in [1.82, 2.24) is 19.0 Å². The third-order valence-electron chi connectivity index (χ3n) is 2.05. The second-order valence-electron chi connectivity index (χ2n) is 3.58. The SMILES string of the molecule is CN(C)S(=O)(=O)N[C@@H](Cc1cnc[nH]1)C(=O)O. The van der Waals surface area contributed by atoms with Gasteiger partial charge in [-0.1, -0.05) is 0 Å². The van der Waals surface area contributed by atoms with Gasteiger partial charge in [-0.15, -0.1) is 0 Å². The highest BCUT2D eigenvalue weighted by Gasteiger charge is 2.25. The molecule has 0 bridgehead atoms. The van der Waals surface area contributed by atoms with Gasteiger partial charge in [0.1, 0.15) is 6.04 Å². The first-order chi connectivity index (χ1) is 7.83. The van der Waals surface area contributed by atoms with Crippen molar-refractivity contribution in [3.05, 3.63) is 18.2 Å². The second kappa shape index (κ2) is 5.25. The second-order valence-corrected chi connectivity index (χ2v) is 5.49. The largest absolute Gasteiger partial charge is 0.480 e. The van der Waals surface area contributed by atoms with Crippen LogP contribution in [0.5, 0.6) is 0 Å². The Bertz CT molecular complexity index is 468. The Labute approximate surface area is 98.8 Å². The van der Waals surface area contributed by atoms with Crippen LogP contribution in [0.4, 0.5) is 0 Å². The molecule has 96 valence electrons. The number of carboxylic acids is 1. The van der Waals surface area contributed by atoms with Gasteiger partial charge in [-0.2, -0.15) is 17.4 Å². The number of nitrogens with zero attached hydrogens (tertiary/aromatic N) is 2. The summed E-state index contributed by atoms with van der Waals surface area (Å²) in [6.45, 7) is 0. The summed E-state index contributed by atoms with van der Waals surface area (Å²) in [4.78, 5) is 17.4. The molecule has 0 saturated carbocycles. The lowest BCUT2D eigenvalue weighted by atomic mass is 10.2. The predicted octanol–water partition coefficient (Wildman–Crippen LogP) is -1.20. The molecule has 1 atom stereocenters. The number of carbonyl (C=O) groups is 1. The molecule has 0 unspecified atom stereocenters. The van der Waals surface area contributed by atoms with Gasteiger partial charge in [0.05, 0.1) is 6.33 Å². The molecular weight excluding hydrogens is 248 g/mol. The molecule has 17 heavy (non-hydrogen) atoms. The summed E-state index contributed by atoms with van der Waals surface area (Å²) in [5, 5.41) is 8.94. The summed E-state index contributed by atoms with van der Waals surface area (Å²) in [5.74, 6) is -1.25. The Balaban J connectivity index is 2.78.